The summed E-state index contributed by atoms with van der Waals surface area (Å²) >= 11 is -5.91. The minimum atomic E-state index is -5.91. The van der Waals surface area contributed by atoms with Crippen LogP contribution in [-0.4, -0.2) is 3.26 Å². The standard InChI is InChI=1S/C29H41.C21H14.C5H5.2ClH.Hf/c1-26(2,3)22-14-18-13-19-15-23(27(4,5)6)25(29(10,11)12)17-21(19)20(18)16-24(22)28(7,8)9;1-3-7-20-14-16(9-11-18(20)5-1)13-17-10-12-19-6-2-4-8-21(19)15-17;1-2-4-5-3-1;;;/h13-17H,1-12H3;1-12,14-15H;1-5H;2*1H;/q;;;;;+2/p-2. The summed E-state index contributed by atoms with van der Waals surface area (Å²) in [6.07, 6.45) is 8.98. The van der Waals surface area contributed by atoms with Crippen molar-refractivity contribution in [1.29, 1.82) is 0 Å². The van der Waals surface area contributed by atoms with Crippen LogP contribution in [0.3, 0.4) is 0 Å². The van der Waals surface area contributed by atoms with Gasteiger partial charge in [-0.25, -0.2) is 0 Å². The summed E-state index contributed by atoms with van der Waals surface area (Å²) in [5.41, 5.74) is 12.5. The van der Waals surface area contributed by atoms with E-state index in [1.165, 1.54) is 66.1 Å². The van der Waals surface area contributed by atoms with Gasteiger partial charge < -0.3 is 0 Å². The third-order valence-electron chi connectivity index (χ3n) is 13.0. The van der Waals surface area contributed by atoms with E-state index in [1.54, 1.807) is 0 Å². The fourth-order valence-electron chi connectivity index (χ4n) is 10.1. The Morgan fingerprint density at radius 3 is 1.14 bits per heavy atom. The van der Waals surface area contributed by atoms with Crippen LogP contribution in [0, 0.1) is 0 Å². The third-order valence-corrected chi connectivity index (χ3v) is 41.1. The van der Waals surface area contributed by atoms with E-state index < -0.39 is 15.7 Å². The summed E-state index contributed by atoms with van der Waals surface area (Å²) in [6.45, 7) is 28.3. The molecule has 0 aliphatic heterocycles. The van der Waals surface area contributed by atoms with Crippen LogP contribution in [-0.2, 0) is 37.3 Å². The van der Waals surface area contributed by atoms with Gasteiger partial charge in [-0.15, -0.1) is 0 Å². The molecule has 2 aliphatic rings. The maximum atomic E-state index is 9.24. The molecule has 6 aromatic rings. The Hall–Kier alpha value is -3.36. The first-order chi connectivity index (χ1) is 27.0. The van der Waals surface area contributed by atoms with Crippen LogP contribution in [0.2, 0.25) is 3.67 Å². The molecule has 0 heterocycles. The van der Waals surface area contributed by atoms with E-state index in [1.807, 2.05) is 0 Å². The van der Waals surface area contributed by atoms with Gasteiger partial charge in [0, 0.05) is 0 Å². The summed E-state index contributed by atoms with van der Waals surface area (Å²) in [5, 5.41) is 4.78. The van der Waals surface area contributed by atoms with Gasteiger partial charge >= 0.3 is 359 Å². The third kappa shape index (κ3) is 6.80. The molecule has 0 nitrogen and oxygen atoms in total. The summed E-state index contributed by atoms with van der Waals surface area (Å²) < 4.78 is 0.773. The topological polar surface area (TPSA) is 0 Å². The molecule has 0 unspecified atom stereocenters. The van der Waals surface area contributed by atoms with Crippen molar-refractivity contribution in [2.45, 2.75) is 112 Å². The van der Waals surface area contributed by atoms with Crippen LogP contribution in [0.1, 0.15) is 131 Å². The number of rotatable bonds is 4. The van der Waals surface area contributed by atoms with Crippen LogP contribution < -0.4 is 0 Å². The van der Waals surface area contributed by atoms with Crippen LogP contribution >= 0.6 is 17.2 Å². The Kier molecular flexibility index (Phi) is 9.87. The Balaban J connectivity index is 1.64. The van der Waals surface area contributed by atoms with E-state index in [9.17, 15) is 17.2 Å². The van der Waals surface area contributed by atoms with Gasteiger partial charge in [-0.2, -0.15) is 0 Å². The molecule has 0 spiro atoms. The molecule has 0 N–H and O–H groups in total. The zero-order valence-corrected chi connectivity index (χ0v) is 41.7. The number of hydrogen-bond acceptors (Lipinski definition) is 0. The second kappa shape index (κ2) is 13.8. The van der Waals surface area contributed by atoms with E-state index in [2.05, 4.69) is 217 Å². The second-order valence-corrected chi connectivity index (χ2v) is 50.8. The van der Waals surface area contributed by atoms with Crippen molar-refractivity contribution in [3.8, 4) is 11.1 Å². The second-order valence-electron chi connectivity index (χ2n) is 21.3. The molecule has 298 valence electrons. The molecule has 0 saturated carbocycles. The van der Waals surface area contributed by atoms with Gasteiger partial charge in [0.1, 0.15) is 0 Å². The Labute approximate surface area is 356 Å². The van der Waals surface area contributed by atoms with Gasteiger partial charge in [-0.3, -0.25) is 0 Å². The molecule has 0 fully saturated rings. The van der Waals surface area contributed by atoms with Crippen molar-refractivity contribution >= 4 is 42.0 Å². The van der Waals surface area contributed by atoms with Crippen molar-refractivity contribution in [3.05, 3.63) is 178 Å². The van der Waals surface area contributed by atoms with E-state index in [0.717, 1.165) is 14.4 Å². The SMILES string of the molecule is CC(C)(C)c1cc2c(cc1C(C)(C)C)[CH]([Hf]([Cl])([Cl])(=[C](c1ccc3ccccc3c1)c1ccc3ccccc3c1)[CH]1C=CC=C1)c1cc(C(C)(C)C)c(C(C)(C)C)cc1-2. The molecule has 6 aromatic carbocycles. The van der Waals surface area contributed by atoms with E-state index in [0.29, 0.717) is 0 Å². The van der Waals surface area contributed by atoms with Crippen LogP contribution in [0.4, 0.5) is 0 Å². The van der Waals surface area contributed by atoms with Gasteiger partial charge in [-0.1, -0.05) is 0 Å². The first-order valence-corrected chi connectivity index (χ1v) is 36.0. The molecule has 0 bridgehead atoms. The minimum absolute atomic E-state index is 0.0702. The molecular weight excluding hydrogens is 910 g/mol. The van der Waals surface area contributed by atoms with Gasteiger partial charge in [0.05, 0.1) is 0 Å². The van der Waals surface area contributed by atoms with Gasteiger partial charge in [0.15, 0.2) is 0 Å². The van der Waals surface area contributed by atoms with Crippen molar-refractivity contribution in [3.63, 3.8) is 0 Å². The number of hydrogen-bond donors (Lipinski definition) is 0. The van der Waals surface area contributed by atoms with Crippen molar-refractivity contribution < 1.29 is 15.7 Å². The molecule has 3 heteroatoms. The van der Waals surface area contributed by atoms with Crippen LogP contribution in [0.25, 0.3) is 32.7 Å². The molecular formula is C55H60Cl2Hf. The molecule has 0 amide bonds. The fraction of sp³-hybridized carbons (Fsp3) is 0.327. The number of allylic oxidation sites excluding steroid dienone is 4. The summed E-state index contributed by atoms with van der Waals surface area (Å²) in [5.74, 6) is 0. The number of fused-ring (bicyclic) bond motifs is 5. The fourth-order valence-corrected chi connectivity index (χ4v) is 37.7. The molecule has 0 radical (unpaired) electrons. The molecule has 58 heavy (non-hydrogen) atoms. The number of halogens is 2. The summed E-state index contributed by atoms with van der Waals surface area (Å²) in [7, 11) is 18.5. The van der Waals surface area contributed by atoms with E-state index >= 15 is 0 Å². The van der Waals surface area contributed by atoms with E-state index in [4.69, 9.17) is 0 Å². The average molecular weight is 970 g/mol. The molecule has 0 aromatic heterocycles. The first-order valence-electron chi connectivity index (χ1n) is 21.1. The predicted octanol–water partition coefficient (Wildman–Crippen LogP) is 16.4. The van der Waals surface area contributed by atoms with E-state index in [-0.39, 0.29) is 29.0 Å². The Morgan fingerprint density at radius 2 is 0.776 bits per heavy atom. The maximum absolute atomic E-state index is 9.24. The van der Waals surface area contributed by atoms with Crippen molar-refractivity contribution in [2.24, 2.45) is 0 Å². The summed E-state index contributed by atoms with van der Waals surface area (Å²) in [6, 6.07) is 41.3. The zero-order chi connectivity index (χ0) is 41.8. The summed E-state index contributed by atoms with van der Waals surface area (Å²) in [4.78, 5) is 0. The molecule has 0 atom stereocenters. The van der Waals surface area contributed by atoms with Crippen LogP contribution in [0.5, 0.6) is 0 Å². The Bertz CT molecular complexity index is 2600. The molecule has 0 saturated heterocycles. The monoisotopic (exact) mass is 970 g/mol. The quantitative estimate of drug-likeness (QED) is 0.154. The Morgan fingerprint density at radius 1 is 0.431 bits per heavy atom. The van der Waals surface area contributed by atoms with Crippen LogP contribution in [0.15, 0.2) is 133 Å². The van der Waals surface area contributed by atoms with Gasteiger partial charge in [0.2, 0.25) is 0 Å². The van der Waals surface area contributed by atoms with Crippen molar-refractivity contribution in [2.75, 3.05) is 0 Å². The average Bonchev–Trinajstić information content (AvgIpc) is 3.81. The predicted molar refractivity (Wildman–Crippen MR) is 253 cm³/mol. The molecule has 2 aliphatic carbocycles. The van der Waals surface area contributed by atoms with Gasteiger partial charge in [0.25, 0.3) is 0 Å². The van der Waals surface area contributed by atoms with Gasteiger partial charge in [-0.05, 0) is 0 Å². The molecule has 8 rings (SSSR count). The number of benzene rings is 6. The van der Waals surface area contributed by atoms with Crippen molar-refractivity contribution in [1.82, 2.24) is 0 Å². The first kappa shape index (κ1) is 41.4. The normalized spacial score (nSPS) is 15.4. The zero-order valence-electron chi connectivity index (χ0n) is 36.6.